The summed E-state index contributed by atoms with van der Waals surface area (Å²) in [4.78, 5) is 28.1. The van der Waals surface area contributed by atoms with Crippen molar-refractivity contribution in [1.82, 2.24) is 9.38 Å². The Morgan fingerprint density at radius 1 is 1.00 bits per heavy atom. The van der Waals surface area contributed by atoms with Crippen molar-refractivity contribution in [3.63, 3.8) is 0 Å². The topological polar surface area (TPSA) is 77.5 Å². The predicted molar refractivity (Wildman–Crippen MR) is 91.8 cm³/mol. The quantitative estimate of drug-likeness (QED) is 0.350. The van der Waals surface area contributed by atoms with Gasteiger partial charge in [0.05, 0.1) is 16.0 Å². The number of benzene rings is 3. The molecule has 0 radical (unpaired) electrons. The molecule has 0 saturated heterocycles. The van der Waals surface area contributed by atoms with Gasteiger partial charge >= 0.3 is 0 Å². The first kappa shape index (κ1) is 13.0. The van der Waals surface area contributed by atoms with Crippen molar-refractivity contribution in [3.8, 4) is 0 Å². The number of hydrogen-bond donors (Lipinski definition) is 0. The summed E-state index contributed by atoms with van der Waals surface area (Å²) in [6.07, 6.45) is 0. The van der Waals surface area contributed by atoms with E-state index in [0.29, 0.717) is 22.1 Å². The lowest BCUT2D eigenvalue weighted by Crippen LogP contribution is -2.13. The Morgan fingerprint density at radius 2 is 1.75 bits per heavy atom. The lowest BCUT2D eigenvalue weighted by molar-refractivity contribution is -0.384. The van der Waals surface area contributed by atoms with Crippen LogP contribution in [0, 0.1) is 10.1 Å². The van der Waals surface area contributed by atoms with Crippen LogP contribution in [-0.4, -0.2) is 14.3 Å². The molecule has 0 aliphatic heterocycles. The predicted octanol–water partition coefficient (Wildman–Crippen LogP) is 3.50. The molecule has 0 bridgehead atoms. The van der Waals surface area contributed by atoms with E-state index in [1.54, 1.807) is 12.1 Å². The Morgan fingerprint density at radius 3 is 2.50 bits per heavy atom. The second-order valence-corrected chi connectivity index (χ2v) is 5.72. The highest BCUT2D eigenvalue weighted by molar-refractivity contribution is 6.15. The first-order valence-electron chi connectivity index (χ1n) is 7.39. The Labute approximate surface area is 134 Å². The second-order valence-electron chi connectivity index (χ2n) is 5.72. The van der Waals surface area contributed by atoms with Gasteiger partial charge in [-0.2, -0.15) is 0 Å². The van der Waals surface area contributed by atoms with Crippen LogP contribution in [0.3, 0.4) is 0 Å². The monoisotopic (exact) mass is 315 g/mol. The van der Waals surface area contributed by atoms with E-state index in [1.807, 2.05) is 30.3 Å². The largest absolute Gasteiger partial charge is 0.271 e. The average Bonchev–Trinajstić information content (AvgIpc) is 2.98. The standard InChI is InChI=1S/C18H9N3O3/c22-18-13-6-2-4-10-3-1-5-12(16(10)13)17-19-14-8-7-11(21(23)24)9-15(14)20(17)18/h1-9H. The molecule has 0 N–H and O–H groups in total. The highest BCUT2D eigenvalue weighted by Gasteiger charge is 2.17. The molecule has 0 aliphatic rings. The van der Waals surface area contributed by atoms with Crippen LogP contribution in [0.2, 0.25) is 0 Å². The van der Waals surface area contributed by atoms with E-state index in [-0.39, 0.29) is 11.2 Å². The molecule has 0 aliphatic carbocycles. The van der Waals surface area contributed by atoms with Crippen molar-refractivity contribution in [1.29, 1.82) is 0 Å². The summed E-state index contributed by atoms with van der Waals surface area (Å²) < 4.78 is 1.47. The van der Waals surface area contributed by atoms with Crippen LogP contribution in [0.25, 0.3) is 38.2 Å². The molecule has 5 rings (SSSR count). The molecule has 2 aromatic heterocycles. The van der Waals surface area contributed by atoms with Crippen LogP contribution in [-0.2, 0) is 0 Å². The van der Waals surface area contributed by atoms with Crippen LogP contribution in [0.5, 0.6) is 0 Å². The molecule has 0 fully saturated rings. The van der Waals surface area contributed by atoms with Crippen molar-refractivity contribution in [2.75, 3.05) is 0 Å². The van der Waals surface area contributed by atoms with E-state index in [4.69, 9.17) is 0 Å². The molecular weight excluding hydrogens is 306 g/mol. The first-order valence-corrected chi connectivity index (χ1v) is 7.39. The molecule has 0 atom stereocenters. The van der Waals surface area contributed by atoms with Gasteiger partial charge in [0, 0.05) is 28.3 Å². The van der Waals surface area contributed by atoms with Crippen LogP contribution >= 0.6 is 0 Å². The maximum atomic E-state index is 13.0. The summed E-state index contributed by atoms with van der Waals surface area (Å²) in [6, 6.07) is 15.8. The Kier molecular flexibility index (Phi) is 2.30. The van der Waals surface area contributed by atoms with Crippen molar-refractivity contribution < 1.29 is 4.92 Å². The number of hydrogen-bond acceptors (Lipinski definition) is 4. The second kappa shape index (κ2) is 4.26. The van der Waals surface area contributed by atoms with E-state index in [2.05, 4.69) is 4.98 Å². The highest BCUT2D eigenvalue weighted by Crippen LogP contribution is 2.30. The van der Waals surface area contributed by atoms with Crippen molar-refractivity contribution in [2.45, 2.75) is 0 Å². The third-order valence-corrected chi connectivity index (χ3v) is 4.43. The number of rotatable bonds is 1. The summed E-state index contributed by atoms with van der Waals surface area (Å²) in [7, 11) is 0. The van der Waals surface area contributed by atoms with Crippen LogP contribution < -0.4 is 5.56 Å². The molecule has 24 heavy (non-hydrogen) atoms. The normalized spacial score (nSPS) is 11.8. The smallest absolute Gasteiger partial charge is 0.268 e. The molecule has 5 aromatic rings. The number of fused-ring (bicyclic) bond motifs is 4. The molecule has 0 saturated carbocycles. The molecule has 114 valence electrons. The Balaban J connectivity index is 2.13. The number of aromatic nitrogens is 2. The molecule has 6 nitrogen and oxygen atoms in total. The van der Waals surface area contributed by atoms with Gasteiger partial charge < -0.3 is 0 Å². The molecule has 2 heterocycles. The minimum Gasteiger partial charge on any atom is -0.268 e. The minimum atomic E-state index is -0.471. The molecule has 0 amide bonds. The van der Waals surface area contributed by atoms with Crippen molar-refractivity contribution in [3.05, 3.63) is 75.1 Å². The van der Waals surface area contributed by atoms with Gasteiger partial charge in [0.25, 0.3) is 11.2 Å². The van der Waals surface area contributed by atoms with Gasteiger partial charge in [0.2, 0.25) is 0 Å². The highest BCUT2D eigenvalue weighted by atomic mass is 16.6. The summed E-state index contributed by atoms with van der Waals surface area (Å²) >= 11 is 0. The van der Waals surface area contributed by atoms with Crippen LogP contribution in [0.4, 0.5) is 5.69 Å². The van der Waals surface area contributed by atoms with E-state index < -0.39 is 4.92 Å². The zero-order valence-electron chi connectivity index (χ0n) is 12.3. The molecule has 6 heteroatoms. The number of nitro benzene ring substituents is 1. The fourth-order valence-electron chi connectivity index (χ4n) is 3.39. The first-order chi connectivity index (χ1) is 11.6. The van der Waals surface area contributed by atoms with Gasteiger partial charge in [-0.3, -0.25) is 19.3 Å². The number of nitro groups is 1. The Hall–Kier alpha value is -3.54. The summed E-state index contributed by atoms with van der Waals surface area (Å²) in [5.74, 6) is 0. The maximum absolute atomic E-state index is 13.0. The third-order valence-electron chi connectivity index (χ3n) is 4.43. The zero-order chi connectivity index (χ0) is 16.4. The summed E-state index contributed by atoms with van der Waals surface area (Å²) in [5, 5.41) is 14.4. The molecule has 0 unspecified atom stereocenters. The van der Waals surface area contributed by atoms with Crippen LogP contribution in [0.1, 0.15) is 0 Å². The van der Waals surface area contributed by atoms with Gasteiger partial charge in [-0.1, -0.05) is 30.3 Å². The number of pyridine rings is 1. The summed E-state index contributed by atoms with van der Waals surface area (Å²) in [5.41, 5.74) is 1.27. The minimum absolute atomic E-state index is 0.0601. The maximum Gasteiger partial charge on any atom is 0.271 e. The van der Waals surface area contributed by atoms with E-state index in [9.17, 15) is 14.9 Å². The Bertz CT molecular complexity index is 1350. The average molecular weight is 315 g/mol. The van der Waals surface area contributed by atoms with Gasteiger partial charge in [0.1, 0.15) is 5.65 Å². The van der Waals surface area contributed by atoms with E-state index >= 15 is 0 Å². The van der Waals surface area contributed by atoms with Crippen molar-refractivity contribution >= 4 is 43.9 Å². The van der Waals surface area contributed by atoms with Crippen LogP contribution in [0.15, 0.2) is 59.4 Å². The SMILES string of the molecule is O=c1c2cccc3cccc(c32)c2nc3ccc([N+](=O)[O-])cc3n12. The molecule has 3 aromatic carbocycles. The van der Waals surface area contributed by atoms with Gasteiger partial charge in [-0.15, -0.1) is 0 Å². The summed E-state index contributed by atoms with van der Waals surface area (Å²) in [6.45, 7) is 0. The lowest BCUT2D eigenvalue weighted by atomic mass is 10.0. The molecule has 0 spiro atoms. The van der Waals surface area contributed by atoms with E-state index in [1.165, 1.54) is 16.5 Å². The number of non-ortho nitro benzene ring substituents is 1. The lowest BCUT2D eigenvalue weighted by Gasteiger charge is -2.06. The number of imidazole rings is 1. The zero-order valence-corrected chi connectivity index (χ0v) is 12.3. The van der Waals surface area contributed by atoms with Gasteiger partial charge in [0.15, 0.2) is 0 Å². The van der Waals surface area contributed by atoms with E-state index in [0.717, 1.165) is 16.2 Å². The fraction of sp³-hybridized carbons (Fsp3) is 0. The number of nitrogens with zero attached hydrogens (tertiary/aromatic N) is 3. The third kappa shape index (κ3) is 1.49. The van der Waals surface area contributed by atoms with Crippen molar-refractivity contribution in [2.24, 2.45) is 0 Å². The molecular formula is C18H9N3O3. The van der Waals surface area contributed by atoms with Gasteiger partial charge in [-0.05, 0) is 17.5 Å². The fourth-order valence-corrected chi connectivity index (χ4v) is 3.39. The van der Waals surface area contributed by atoms with Gasteiger partial charge in [-0.25, -0.2) is 4.98 Å².